The third-order valence-electron chi connectivity index (χ3n) is 9.46. The second kappa shape index (κ2) is 11.0. The summed E-state index contributed by atoms with van der Waals surface area (Å²) in [5.74, 6) is -4.69. The zero-order chi connectivity index (χ0) is 31.4. The molecule has 0 spiro atoms. The summed E-state index contributed by atoms with van der Waals surface area (Å²) in [7, 11) is 3.36. The largest absolute Gasteiger partial charge is 0.510 e. The maximum absolute atomic E-state index is 14.3. The predicted octanol–water partition coefficient (Wildman–Crippen LogP) is 4.27. The molecule has 43 heavy (non-hydrogen) atoms. The van der Waals surface area contributed by atoms with Crippen LogP contribution in [-0.4, -0.2) is 64.4 Å². The van der Waals surface area contributed by atoms with Crippen molar-refractivity contribution >= 4 is 28.9 Å². The lowest BCUT2D eigenvalue weighted by Crippen LogP contribution is -2.60. The smallest absolute Gasteiger partial charge is 0.255 e. The van der Waals surface area contributed by atoms with Gasteiger partial charge in [0.05, 0.1) is 17.0 Å². The molecule has 5 rings (SSSR count). The maximum atomic E-state index is 14.3. The first kappa shape index (κ1) is 30.1. The third kappa shape index (κ3) is 4.63. The molecule has 0 heterocycles. The summed E-state index contributed by atoms with van der Waals surface area (Å²) in [6.07, 6.45) is 2.68. The zero-order valence-corrected chi connectivity index (χ0v) is 25.0. The number of nitrogens with one attached hydrogen (secondary N) is 1. The summed E-state index contributed by atoms with van der Waals surface area (Å²) in [5, 5.41) is 37.2. The summed E-state index contributed by atoms with van der Waals surface area (Å²) in [6.45, 7) is 8.62. The number of phenolic OH excluding ortho intramolecular Hbond substituents is 1. The molecular weight excluding hydrogens is 546 g/mol. The van der Waals surface area contributed by atoms with Gasteiger partial charge in [-0.05, 0) is 80.6 Å². The molecule has 0 unspecified atom stereocenters. The number of hydrogen-bond acceptors (Lipinski definition) is 8. The van der Waals surface area contributed by atoms with E-state index in [9.17, 15) is 29.7 Å². The standard InChI is InChI=1S/C34H39N3O6/c1-6-7-13-36-17(2)18-9-8-10-19(14-18)21-11-12-24(38)26-22(21)15-20-16-23-28(37(4)5)30(40)27(33(35)43)32(42)34(23,3)31(41)25(20)29(26)39/h8-12,14,20,23,28,36,38-39,42H,2,6-7,13,15-16H2,1,3-5H3,(H2,35,43)/t20-,23-,28-,34+/m0/s1. The van der Waals surface area contributed by atoms with Crippen LogP contribution >= 0.6 is 0 Å². The fourth-order valence-electron chi connectivity index (χ4n) is 7.20. The number of carbonyl (C=O) groups excluding carboxylic acids is 3. The monoisotopic (exact) mass is 585 g/mol. The summed E-state index contributed by atoms with van der Waals surface area (Å²) in [5.41, 5.74) is 7.54. The molecule has 226 valence electrons. The van der Waals surface area contributed by atoms with E-state index in [1.165, 1.54) is 13.0 Å². The molecule has 0 saturated heterocycles. The van der Waals surface area contributed by atoms with Crippen LogP contribution in [0.1, 0.15) is 49.8 Å². The van der Waals surface area contributed by atoms with Crippen molar-refractivity contribution in [3.05, 3.63) is 76.6 Å². The van der Waals surface area contributed by atoms with Crippen molar-refractivity contribution in [3.8, 4) is 16.9 Å². The lowest BCUT2D eigenvalue weighted by atomic mass is 9.52. The molecule has 9 nitrogen and oxygen atoms in total. The quantitative estimate of drug-likeness (QED) is 0.228. The molecule has 4 atom stereocenters. The molecule has 1 fully saturated rings. The van der Waals surface area contributed by atoms with Gasteiger partial charge in [-0.1, -0.05) is 44.2 Å². The van der Waals surface area contributed by atoms with Gasteiger partial charge < -0.3 is 26.4 Å². The lowest BCUT2D eigenvalue weighted by molar-refractivity contribution is -0.139. The topological polar surface area (TPSA) is 153 Å². The Morgan fingerprint density at radius 1 is 1.16 bits per heavy atom. The van der Waals surface area contributed by atoms with E-state index in [1.54, 1.807) is 25.1 Å². The van der Waals surface area contributed by atoms with Crippen molar-refractivity contribution in [1.29, 1.82) is 0 Å². The molecule has 1 saturated carbocycles. The molecule has 2 aromatic carbocycles. The maximum Gasteiger partial charge on any atom is 0.255 e. The molecule has 3 aliphatic rings. The van der Waals surface area contributed by atoms with Crippen molar-refractivity contribution in [2.24, 2.45) is 23.0 Å². The number of hydrogen-bond donors (Lipinski definition) is 5. The summed E-state index contributed by atoms with van der Waals surface area (Å²) >= 11 is 0. The molecule has 6 N–H and O–H groups in total. The SMILES string of the molecule is C=C(NCCCC)c1cccc(-c2ccc(O)c3c2C[C@H]2C[C@H]4[C@H](N(C)C)C(=O)C(C(N)=O)=C(O)[C@@]4(C)C(=O)C2=C3O)c1. The van der Waals surface area contributed by atoms with Crippen LogP contribution in [0.25, 0.3) is 22.6 Å². The van der Waals surface area contributed by atoms with E-state index in [4.69, 9.17) is 5.73 Å². The van der Waals surface area contributed by atoms with Crippen molar-refractivity contribution in [1.82, 2.24) is 10.2 Å². The highest BCUT2D eigenvalue weighted by molar-refractivity contribution is 6.24. The van der Waals surface area contributed by atoms with E-state index < -0.39 is 52.1 Å². The molecular formula is C34H39N3O6. The third-order valence-corrected chi connectivity index (χ3v) is 9.46. The first-order valence-electron chi connectivity index (χ1n) is 14.6. The average molecular weight is 586 g/mol. The Bertz CT molecular complexity index is 1620. The number of primary amides is 1. The van der Waals surface area contributed by atoms with Crippen LogP contribution in [-0.2, 0) is 20.8 Å². The lowest BCUT2D eigenvalue weighted by Gasteiger charge is -2.51. The van der Waals surface area contributed by atoms with Crippen molar-refractivity contribution in [2.45, 2.75) is 45.6 Å². The van der Waals surface area contributed by atoms with Crippen molar-refractivity contribution < 1.29 is 29.7 Å². The Hall–Kier alpha value is -4.37. The Morgan fingerprint density at radius 2 is 1.88 bits per heavy atom. The Labute approximate surface area is 251 Å². The van der Waals surface area contributed by atoms with Crippen LogP contribution in [0.3, 0.4) is 0 Å². The average Bonchev–Trinajstić information content (AvgIpc) is 2.95. The Balaban J connectivity index is 1.64. The normalized spacial score (nSPS) is 24.9. The van der Waals surface area contributed by atoms with E-state index in [1.807, 2.05) is 24.3 Å². The molecule has 0 aliphatic heterocycles. The molecule has 0 bridgehead atoms. The number of likely N-dealkylation sites (N-methyl/N-ethyl adjacent to an activating group) is 1. The van der Waals surface area contributed by atoms with Gasteiger partial charge >= 0.3 is 0 Å². The number of phenols is 1. The number of nitrogens with two attached hydrogens (primary N) is 1. The second-order valence-corrected chi connectivity index (χ2v) is 12.2. The number of aliphatic hydroxyl groups excluding tert-OH is 2. The van der Waals surface area contributed by atoms with Gasteiger partial charge in [0.25, 0.3) is 5.91 Å². The number of amides is 1. The van der Waals surface area contributed by atoms with Crippen LogP contribution in [0, 0.1) is 17.3 Å². The van der Waals surface area contributed by atoms with E-state index >= 15 is 0 Å². The summed E-state index contributed by atoms with van der Waals surface area (Å²) < 4.78 is 0. The molecule has 2 aromatic rings. The summed E-state index contributed by atoms with van der Waals surface area (Å²) in [6, 6.07) is 10.3. The van der Waals surface area contributed by atoms with E-state index in [2.05, 4.69) is 18.8 Å². The van der Waals surface area contributed by atoms with Crippen LogP contribution in [0.15, 0.2) is 59.9 Å². The number of nitrogens with zero attached hydrogens (tertiary/aromatic N) is 1. The highest BCUT2D eigenvalue weighted by Crippen LogP contribution is 2.57. The molecule has 3 aliphatic carbocycles. The molecule has 1 amide bonds. The highest BCUT2D eigenvalue weighted by Gasteiger charge is 2.62. The van der Waals surface area contributed by atoms with Crippen LogP contribution in [0.5, 0.6) is 5.75 Å². The van der Waals surface area contributed by atoms with Gasteiger partial charge in [-0.25, -0.2) is 0 Å². The molecule has 0 radical (unpaired) electrons. The number of allylic oxidation sites excluding steroid dienone is 2. The molecule has 9 heteroatoms. The number of unbranched alkanes of at least 4 members (excludes halogenated alkanes) is 1. The van der Waals surface area contributed by atoms with Gasteiger partial charge in [0.1, 0.15) is 22.8 Å². The van der Waals surface area contributed by atoms with Gasteiger partial charge in [-0.15, -0.1) is 0 Å². The number of benzene rings is 2. The first-order valence-corrected chi connectivity index (χ1v) is 14.6. The minimum Gasteiger partial charge on any atom is -0.510 e. The summed E-state index contributed by atoms with van der Waals surface area (Å²) in [4.78, 5) is 41.6. The van der Waals surface area contributed by atoms with E-state index in [-0.39, 0.29) is 29.1 Å². The second-order valence-electron chi connectivity index (χ2n) is 12.2. The number of aromatic hydroxyl groups is 1. The first-order chi connectivity index (χ1) is 20.3. The van der Waals surface area contributed by atoms with E-state index in [0.29, 0.717) is 12.0 Å². The number of aliphatic hydroxyl groups is 2. The van der Waals surface area contributed by atoms with E-state index in [0.717, 1.165) is 41.8 Å². The number of rotatable bonds is 8. The van der Waals surface area contributed by atoms with Crippen LogP contribution in [0.4, 0.5) is 0 Å². The van der Waals surface area contributed by atoms with Gasteiger partial charge in [0.15, 0.2) is 11.6 Å². The predicted molar refractivity (Wildman–Crippen MR) is 165 cm³/mol. The van der Waals surface area contributed by atoms with Crippen molar-refractivity contribution in [3.63, 3.8) is 0 Å². The van der Waals surface area contributed by atoms with Crippen LogP contribution in [0.2, 0.25) is 0 Å². The number of carbonyl (C=O) groups is 3. The van der Waals surface area contributed by atoms with Gasteiger partial charge in [0, 0.05) is 23.7 Å². The Kier molecular flexibility index (Phi) is 7.73. The fraction of sp³-hybridized carbons (Fsp3) is 0.382. The van der Waals surface area contributed by atoms with Gasteiger partial charge in [0.2, 0.25) is 0 Å². The number of ketones is 2. The van der Waals surface area contributed by atoms with Crippen LogP contribution < -0.4 is 11.1 Å². The zero-order valence-electron chi connectivity index (χ0n) is 25.0. The van der Waals surface area contributed by atoms with Gasteiger partial charge in [-0.3, -0.25) is 19.3 Å². The number of Topliss-reactive ketones (excluding diaryl/α,β-unsaturated/α-hetero) is 2. The molecule has 0 aromatic heterocycles. The minimum atomic E-state index is -1.67. The van der Waals surface area contributed by atoms with Crippen molar-refractivity contribution in [2.75, 3.05) is 20.6 Å². The fourth-order valence-corrected chi connectivity index (χ4v) is 7.20. The highest BCUT2D eigenvalue weighted by atomic mass is 16.3. The van der Waals surface area contributed by atoms with Gasteiger partial charge in [-0.2, -0.15) is 0 Å². The Morgan fingerprint density at radius 3 is 2.53 bits per heavy atom. The number of fused-ring (bicyclic) bond motifs is 3. The minimum absolute atomic E-state index is 0.0724.